The number of imide groups is 2. The monoisotopic (exact) mass is 529 g/mol. The van der Waals surface area contributed by atoms with E-state index in [4.69, 9.17) is 9.47 Å². The molecule has 0 radical (unpaired) electrons. The maximum Gasteiger partial charge on any atom is 0.336 e. The highest BCUT2D eigenvalue weighted by molar-refractivity contribution is 9.10. The molecule has 34 heavy (non-hydrogen) atoms. The van der Waals surface area contributed by atoms with Crippen molar-refractivity contribution in [2.75, 3.05) is 36.1 Å². The molecule has 1 heterocycles. The highest BCUT2D eigenvalue weighted by atomic mass is 79.9. The first kappa shape index (κ1) is 25.3. The van der Waals surface area contributed by atoms with E-state index in [0.717, 1.165) is 28.1 Å². The zero-order valence-electron chi connectivity index (χ0n) is 19.7. The highest BCUT2D eigenvalue weighted by Gasteiger charge is 2.38. The van der Waals surface area contributed by atoms with Crippen molar-refractivity contribution in [1.29, 1.82) is 0 Å². The van der Waals surface area contributed by atoms with Crippen molar-refractivity contribution in [3.8, 4) is 11.5 Å². The van der Waals surface area contributed by atoms with Gasteiger partial charge in [0.1, 0.15) is 17.1 Å². The summed E-state index contributed by atoms with van der Waals surface area (Å²) in [6, 6.07) is 9.62. The van der Waals surface area contributed by atoms with Crippen LogP contribution in [-0.2, 0) is 9.59 Å². The first-order valence-electron chi connectivity index (χ1n) is 11.2. The molecule has 0 unspecified atom stereocenters. The number of benzene rings is 2. The van der Waals surface area contributed by atoms with Crippen LogP contribution < -0.4 is 24.6 Å². The molecule has 1 N–H and O–H groups in total. The fraction of sp³-hybridized carbons (Fsp3) is 0.320. The molecule has 2 aromatic rings. The smallest absolute Gasteiger partial charge is 0.336 e. The Kier molecular flexibility index (Phi) is 8.33. The van der Waals surface area contributed by atoms with Crippen molar-refractivity contribution in [1.82, 2.24) is 5.32 Å². The second-order valence-corrected chi connectivity index (χ2v) is 8.19. The molecule has 8 nitrogen and oxygen atoms in total. The van der Waals surface area contributed by atoms with Crippen LogP contribution in [0.2, 0.25) is 0 Å². The fourth-order valence-electron chi connectivity index (χ4n) is 3.68. The lowest BCUT2D eigenvalue weighted by molar-refractivity contribution is -0.122. The third-order valence-corrected chi connectivity index (χ3v) is 5.91. The van der Waals surface area contributed by atoms with Crippen LogP contribution >= 0.6 is 15.9 Å². The van der Waals surface area contributed by atoms with Crippen LogP contribution in [0.15, 0.2) is 46.4 Å². The zero-order valence-corrected chi connectivity index (χ0v) is 21.3. The number of hydrogen-bond acceptors (Lipinski definition) is 6. The van der Waals surface area contributed by atoms with Crippen molar-refractivity contribution in [3.63, 3.8) is 0 Å². The number of halogens is 1. The average molecular weight is 530 g/mol. The number of anilines is 2. The Bertz CT molecular complexity index is 1130. The van der Waals surface area contributed by atoms with E-state index in [0.29, 0.717) is 30.3 Å². The van der Waals surface area contributed by atoms with Crippen LogP contribution in [0.3, 0.4) is 0 Å². The van der Waals surface area contributed by atoms with Crippen LogP contribution in [-0.4, -0.2) is 44.1 Å². The van der Waals surface area contributed by atoms with Crippen molar-refractivity contribution >= 4 is 51.2 Å². The van der Waals surface area contributed by atoms with Crippen LogP contribution in [0, 0.1) is 0 Å². The van der Waals surface area contributed by atoms with E-state index in [1.807, 2.05) is 25.1 Å². The predicted octanol–water partition coefficient (Wildman–Crippen LogP) is 4.76. The Morgan fingerprint density at radius 1 is 0.971 bits per heavy atom. The van der Waals surface area contributed by atoms with Crippen LogP contribution in [0.4, 0.5) is 16.2 Å². The fourth-order valence-corrected chi connectivity index (χ4v) is 4.33. The highest BCUT2D eigenvalue weighted by Crippen LogP contribution is 2.35. The lowest BCUT2D eigenvalue weighted by atomic mass is 10.1. The van der Waals surface area contributed by atoms with Crippen LogP contribution in [0.25, 0.3) is 6.08 Å². The number of carbonyl (C=O) groups excluding carboxylic acids is 3. The van der Waals surface area contributed by atoms with Gasteiger partial charge >= 0.3 is 6.03 Å². The van der Waals surface area contributed by atoms with Crippen molar-refractivity contribution in [2.24, 2.45) is 0 Å². The molecule has 180 valence electrons. The van der Waals surface area contributed by atoms with Crippen LogP contribution in [0.1, 0.15) is 33.3 Å². The minimum atomic E-state index is -0.847. The number of barbiturate groups is 1. The summed E-state index contributed by atoms with van der Waals surface area (Å²) in [5.74, 6) is -0.698. The van der Waals surface area contributed by atoms with E-state index < -0.39 is 17.8 Å². The molecular weight excluding hydrogens is 502 g/mol. The van der Waals surface area contributed by atoms with E-state index in [9.17, 15) is 14.4 Å². The van der Waals surface area contributed by atoms with E-state index in [-0.39, 0.29) is 11.3 Å². The molecule has 0 saturated carbocycles. The summed E-state index contributed by atoms with van der Waals surface area (Å²) in [7, 11) is 0. The summed E-state index contributed by atoms with van der Waals surface area (Å²) in [6.45, 7) is 10.2. The van der Waals surface area contributed by atoms with E-state index in [1.165, 1.54) is 6.08 Å². The molecule has 0 aliphatic carbocycles. The first-order chi connectivity index (χ1) is 16.3. The number of rotatable bonds is 9. The predicted molar refractivity (Wildman–Crippen MR) is 135 cm³/mol. The molecule has 0 atom stereocenters. The first-order valence-corrected chi connectivity index (χ1v) is 12.0. The molecule has 1 aliphatic heterocycles. The van der Waals surface area contributed by atoms with Gasteiger partial charge in [-0.25, -0.2) is 9.69 Å². The molecule has 1 fully saturated rings. The number of hydrogen-bond donors (Lipinski definition) is 1. The largest absolute Gasteiger partial charge is 0.494 e. The standard InChI is InChI=1S/C25H28BrN3O5/c1-5-28(6-2)20-11-9-16(14-19(20)26)13-18-23(30)27-25(32)29(24(18)31)21-15-17(33-7-3)10-12-22(21)34-8-4/h9-15H,5-8H2,1-4H3,(H,27,30,32)/b18-13+. The second kappa shape index (κ2) is 11.2. The van der Waals surface area contributed by atoms with E-state index in [1.54, 1.807) is 25.1 Å². The molecule has 0 spiro atoms. The van der Waals surface area contributed by atoms with Gasteiger partial charge in [0, 0.05) is 23.6 Å². The topological polar surface area (TPSA) is 88.2 Å². The number of nitrogens with zero attached hydrogens (tertiary/aromatic N) is 2. The Balaban J connectivity index is 2.03. The quantitative estimate of drug-likeness (QED) is 0.372. The Morgan fingerprint density at radius 3 is 2.29 bits per heavy atom. The number of ether oxygens (including phenoxy) is 2. The maximum atomic E-state index is 13.4. The van der Waals surface area contributed by atoms with Gasteiger partial charge in [0.25, 0.3) is 11.8 Å². The van der Waals surface area contributed by atoms with Crippen LogP contribution in [0.5, 0.6) is 11.5 Å². The summed E-state index contributed by atoms with van der Waals surface area (Å²) < 4.78 is 12.0. The molecule has 2 aromatic carbocycles. The third kappa shape index (κ3) is 5.25. The lowest BCUT2D eigenvalue weighted by Gasteiger charge is -2.28. The SMILES string of the molecule is CCOc1ccc(OCC)c(N2C(=O)NC(=O)/C(=C\c3ccc(N(CC)CC)c(Br)c3)C2=O)c1. The number of carbonyl (C=O) groups is 3. The summed E-state index contributed by atoms with van der Waals surface area (Å²) in [5.41, 5.74) is 1.69. The summed E-state index contributed by atoms with van der Waals surface area (Å²) in [4.78, 5) is 41.8. The van der Waals surface area contributed by atoms with Gasteiger partial charge in [0.15, 0.2) is 0 Å². The molecule has 1 aliphatic rings. The lowest BCUT2D eigenvalue weighted by Crippen LogP contribution is -2.54. The normalized spacial score (nSPS) is 14.9. The van der Waals surface area contributed by atoms with Gasteiger partial charge < -0.3 is 14.4 Å². The Morgan fingerprint density at radius 2 is 1.68 bits per heavy atom. The number of amides is 4. The molecule has 3 rings (SSSR count). The van der Waals surface area contributed by atoms with Gasteiger partial charge in [-0.1, -0.05) is 6.07 Å². The van der Waals surface area contributed by atoms with Crippen molar-refractivity contribution < 1.29 is 23.9 Å². The zero-order chi connectivity index (χ0) is 24.8. The van der Waals surface area contributed by atoms with Gasteiger partial charge in [-0.15, -0.1) is 0 Å². The average Bonchev–Trinajstić information content (AvgIpc) is 2.80. The molecule has 1 saturated heterocycles. The molecule has 0 bridgehead atoms. The molecule has 0 aromatic heterocycles. The van der Waals surface area contributed by atoms with Gasteiger partial charge in [0.2, 0.25) is 0 Å². The second-order valence-electron chi connectivity index (χ2n) is 7.34. The number of urea groups is 1. The molecular formula is C25H28BrN3O5. The summed E-state index contributed by atoms with van der Waals surface area (Å²) in [5, 5.41) is 2.25. The van der Waals surface area contributed by atoms with Gasteiger partial charge in [-0.2, -0.15) is 0 Å². The number of nitrogens with one attached hydrogen (secondary N) is 1. The van der Waals surface area contributed by atoms with Crippen molar-refractivity contribution in [3.05, 3.63) is 52.0 Å². The van der Waals surface area contributed by atoms with Gasteiger partial charge in [-0.05, 0) is 79.5 Å². The Hall–Kier alpha value is -3.33. The van der Waals surface area contributed by atoms with E-state index >= 15 is 0 Å². The minimum absolute atomic E-state index is 0.161. The minimum Gasteiger partial charge on any atom is -0.494 e. The third-order valence-electron chi connectivity index (χ3n) is 5.27. The van der Waals surface area contributed by atoms with E-state index in [2.05, 4.69) is 40.0 Å². The maximum absolute atomic E-state index is 13.4. The van der Waals surface area contributed by atoms with Gasteiger partial charge in [0.05, 0.1) is 24.6 Å². The van der Waals surface area contributed by atoms with Gasteiger partial charge in [-0.3, -0.25) is 14.9 Å². The molecule has 9 heteroatoms. The molecule has 4 amide bonds. The summed E-state index contributed by atoms with van der Waals surface area (Å²) >= 11 is 3.58. The Labute approximate surface area is 207 Å². The summed E-state index contributed by atoms with van der Waals surface area (Å²) in [6.07, 6.45) is 1.47. The van der Waals surface area contributed by atoms with Crippen molar-refractivity contribution in [2.45, 2.75) is 27.7 Å².